The molecule has 0 radical (unpaired) electrons. The summed E-state index contributed by atoms with van der Waals surface area (Å²) in [6.45, 7) is 1.92. The van der Waals surface area contributed by atoms with Crippen LogP contribution in [-0.2, 0) is 4.79 Å². The summed E-state index contributed by atoms with van der Waals surface area (Å²) >= 11 is 12.0. The maximum atomic E-state index is 12.3. The fourth-order valence-electron chi connectivity index (χ4n) is 2.46. The van der Waals surface area contributed by atoms with Gasteiger partial charge in [0.05, 0.1) is 21.3 Å². The molecule has 0 bridgehead atoms. The normalized spacial score (nSPS) is 16.9. The summed E-state index contributed by atoms with van der Waals surface area (Å²) in [5, 5.41) is 11.9. The number of benzene rings is 1. The van der Waals surface area contributed by atoms with Crippen LogP contribution in [0.15, 0.2) is 12.1 Å². The van der Waals surface area contributed by atoms with Gasteiger partial charge in [-0.3, -0.25) is 4.79 Å². The van der Waals surface area contributed by atoms with E-state index in [0.29, 0.717) is 0 Å². The number of carboxylic acid groups (broad SMARTS) is 1. The van der Waals surface area contributed by atoms with Crippen molar-refractivity contribution in [1.82, 2.24) is 0 Å². The first-order chi connectivity index (χ1) is 9.33. The summed E-state index contributed by atoms with van der Waals surface area (Å²) in [4.78, 5) is 23.2. The molecule has 0 atom stereocenters. The molecule has 108 valence electrons. The molecule has 2 N–H and O–H groups in total. The summed E-state index contributed by atoms with van der Waals surface area (Å²) in [5.41, 5.74) is -0.139. The Labute approximate surface area is 127 Å². The molecular weight excluding hydrogens is 301 g/mol. The minimum atomic E-state index is -1.12. The highest BCUT2D eigenvalue weighted by molar-refractivity contribution is 6.40. The van der Waals surface area contributed by atoms with Crippen LogP contribution in [0.3, 0.4) is 0 Å². The van der Waals surface area contributed by atoms with Crippen molar-refractivity contribution in [2.24, 2.45) is 5.41 Å². The molecule has 1 aromatic rings. The summed E-state index contributed by atoms with van der Waals surface area (Å²) in [5.74, 6) is -1.24. The van der Waals surface area contributed by atoms with Crippen molar-refractivity contribution in [1.29, 1.82) is 0 Å². The lowest BCUT2D eigenvalue weighted by molar-refractivity contribution is -0.124. The second-order valence-electron chi connectivity index (χ2n) is 5.34. The largest absolute Gasteiger partial charge is 0.478 e. The number of anilines is 1. The maximum Gasteiger partial charge on any atom is 0.335 e. The van der Waals surface area contributed by atoms with Crippen LogP contribution in [0.25, 0.3) is 0 Å². The summed E-state index contributed by atoms with van der Waals surface area (Å²) in [6.07, 6.45) is 3.73. The van der Waals surface area contributed by atoms with E-state index >= 15 is 0 Å². The van der Waals surface area contributed by atoms with E-state index in [1.807, 2.05) is 6.92 Å². The Morgan fingerprint density at radius 2 is 1.70 bits per heavy atom. The fraction of sp³-hybridized carbons (Fsp3) is 0.429. The number of rotatable bonds is 3. The number of carbonyl (C=O) groups excluding carboxylic acids is 1. The van der Waals surface area contributed by atoms with Crippen molar-refractivity contribution in [2.45, 2.75) is 32.6 Å². The van der Waals surface area contributed by atoms with Crippen LogP contribution in [0.5, 0.6) is 0 Å². The molecule has 0 spiro atoms. The Kier molecular flexibility index (Phi) is 4.25. The van der Waals surface area contributed by atoms with Crippen molar-refractivity contribution >= 4 is 40.8 Å². The Bertz CT molecular complexity index is 543. The number of amides is 1. The zero-order valence-corrected chi connectivity index (χ0v) is 12.5. The first-order valence-electron chi connectivity index (χ1n) is 6.37. The third-order valence-corrected chi connectivity index (χ3v) is 4.38. The van der Waals surface area contributed by atoms with Gasteiger partial charge in [-0.25, -0.2) is 4.79 Å². The van der Waals surface area contributed by atoms with Crippen LogP contribution >= 0.6 is 23.2 Å². The predicted molar refractivity (Wildman–Crippen MR) is 78.6 cm³/mol. The lowest BCUT2D eigenvalue weighted by atomic mass is 9.88. The van der Waals surface area contributed by atoms with E-state index < -0.39 is 11.4 Å². The average Bonchev–Trinajstić information content (AvgIpc) is 2.81. The van der Waals surface area contributed by atoms with Crippen LogP contribution in [-0.4, -0.2) is 17.0 Å². The zero-order valence-electron chi connectivity index (χ0n) is 11.0. The molecule has 1 aromatic carbocycles. The Balaban J connectivity index is 2.26. The maximum absolute atomic E-state index is 12.3. The van der Waals surface area contributed by atoms with Crippen molar-refractivity contribution in [2.75, 3.05) is 5.32 Å². The monoisotopic (exact) mass is 315 g/mol. The number of carbonyl (C=O) groups is 2. The van der Waals surface area contributed by atoms with Crippen molar-refractivity contribution in [3.63, 3.8) is 0 Å². The van der Waals surface area contributed by atoms with Crippen LogP contribution in [0, 0.1) is 5.41 Å². The minimum absolute atomic E-state index is 0.00919. The van der Waals surface area contributed by atoms with E-state index in [1.165, 1.54) is 12.1 Å². The molecule has 4 nitrogen and oxygen atoms in total. The molecule has 1 aliphatic rings. The number of nitrogens with one attached hydrogen (secondary N) is 1. The first-order valence-corrected chi connectivity index (χ1v) is 7.13. The van der Waals surface area contributed by atoms with E-state index in [4.69, 9.17) is 28.3 Å². The molecule has 0 unspecified atom stereocenters. The highest BCUT2D eigenvalue weighted by Gasteiger charge is 2.36. The van der Waals surface area contributed by atoms with E-state index in [2.05, 4.69) is 5.32 Å². The molecule has 1 fully saturated rings. The van der Waals surface area contributed by atoms with Gasteiger partial charge in [0.2, 0.25) is 5.91 Å². The molecule has 0 aromatic heterocycles. The van der Waals surface area contributed by atoms with Gasteiger partial charge < -0.3 is 10.4 Å². The Morgan fingerprint density at radius 1 is 1.20 bits per heavy atom. The number of halogens is 2. The van der Waals surface area contributed by atoms with Gasteiger partial charge in [0.15, 0.2) is 0 Å². The highest BCUT2D eigenvalue weighted by Crippen LogP contribution is 2.40. The van der Waals surface area contributed by atoms with Crippen LogP contribution in [0.1, 0.15) is 43.0 Å². The molecule has 6 heteroatoms. The van der Waals surface area contributed by atoms with E-state index in [0.717, 1.165) is 25.7 Å². The molecule has 20 heavy (non-hydrogen) atoms. The van der Waals surface area contributed by atoms with E-state index in [-0.39, 0.29) is 27.2 Å². The summed E-state index contributed by atoms with van der Waals surface area (Å²) in [7, 11) is 0. The molecule has 1 saturated carbocycles. The third kappa shape index (κ3) is 2.91. The fourth-order valence-corrected chi connectivity index (χ4v) is 3.04. The summed E-state index contributed by atoms with van der Waals surface area (Å²) < 4.78 is 0. The van der Waals surface area contributed by atoms with Crippen molar-refractivity contribution < 1.29 is 14.7 Å². The second-order valence-corrected chi connectivity index (χ2v) is 6.16. The zero-order chi connectivity index (χ0) is 14.9. The average molecular weight is 316 g/mol. The van der Waals surface area contributed by atoms with Gasteiger partial charge in [0.25, 0.3) is 0 Å². The Morgan fingerprint density at radius 3 is 2.15 bits per heavy atom. The van der Waals surface area contributed by atoms with Crippen molar-refractivity contribution in [3.8, 4) is 0 Å². The van der Waals surface area contributed by atoms with Gasteiger partial charge in [-0.1, -0.05) is 43.0 Å². The van der Waals surface area contributed by atoms with Crippen molar-refractivity contribution in [3.05, 3.63) is 27.7 Å². The molecule has 1 amide bonds. The second kappa shape index (κ2) is 5.62. The van der Waals surface area contributed by atoms with Crippen LogP contribution in [0.2, 0.25) is 10.0 Å². The number of aromatic carboxylic acids is 1. The lowest BCUT2D eigenvalue weighted by Crippen LogP contribution is -2.31. The number of hydrogen-bond donors (Lipinski definition) is 2. The number of hydrogen-bond acceptors (Lipinski definition) is 2. The molecule has 1 aliphatic carbocycles. The highest BCUT2D eigenvalue weighted by atomic mass is 35.5. The standard InChI is InChI=1S/C14H15Cl2NO3/c1-14(4-2-3-5-14)13(20)17-11-9(15)6-8(12(18)19)7-10(11)16/h6-7H,2-5H2,1H3,(H,17,20)(H,18,19). The Hall–Kier alpha value is -1.26. The molecular formula is C14H15Cl2NO3. The van der Waals surface area contributed by atoms with Gasteiger partial charge in [-0.2, -0.15) is 0 Å². The number of carboxylic acids is 1. The van der Waals surface area contributed by atoms with E-state index in [1.54, 1.807) is 0 Å². The molecule has 0 saturated heterocycles. The third-order valence-electron chi connectivity index (χ3n) is 3.78. The van der Waals surface area contributed by atoms with Gasteiger partial charge in [-0.15, -0.1) is 0 Å². The minimum Gasteiger partial charge on any atom is -0.478 e. The lowest BCUT2D eigenvalue weighted by Gasteiger charge is -2.23. The van der Waals surface area contributed by atoms with Crippen LogP contribution < -0.4 is 5.32 Å². The molecule has 0 heterocycles. The first kappa shape index (κ1) is 15.1. The molecule has 0 aliphatic heterocycles. The van der Waals surface area contributed by atoms with Gasteiger partial charge in [0, 0.05) is 5.41 Å². The van der Waals surface area contributed by atoms with E-state index in [9.17, 15) is 9.59 Å². The quantitative estimate of drug-likeness (QED) is 0.878. The van der Waals surface area contributed by atoms with Gasteiger partial charge in [-0.05, 0) is 25.0 Å². The SMILES string of the molecule is CC1(C(=O)Nc2c(Cl)cc(C(=O)O)cc2Cl)CCCC1. The summed E-state index contributed by atoms with van der Waals surface area (Å²) in [6, 6.07) is 2.56. The topological polar surface area (TPSA) is 66.4 Å². The van der Waals surface area contributed by atoms with Gasteiger partial charge >= 0.3 is 5.97 Å². The van der Waals surface area contributed by atoms with Gasteiger partial charge in [0.1, 0.15) is 0 Å². The predicted octanol–water partition coefficient (Wildman–Crippen LogP) is 4.21. The molecule has 2 rings (SSSR count). The van der Waals surface area contributed by atoms with Crippen LogP contribution in [0.4, 0.5) is 5.69 Å². The smallest absolute Gasteiger partial charge is 0.335 e.